The van der Waals surface area contributed by atoms with E-state index in [-0.39, 0.29) is 0 Å². The van der Waals surface area contributed by atoms with Gasteiger partial charge in [0.05, 0.1) is 0 Å². The highest BCUT2D eigenvalue weighted by atomic mass is 35.5. The molecule has 0 fully saturated rings. The van der Waals surface area contributed by atoms with Crippen LogP contribution >= 0.6 is 11.6 Å². The van der Waals surface area contributed by atoms with Crippen LogP contribution in [-0.2, 0) is 10.3 Å². The van der Waals surface area contributed by atoms with Crippen LogP contribution in [0.5, 0.6) is 0 Å². The minimum absolute atomic E-state index is 0.378. The van der Waals surface area contributed by atoms with E-state index >= 15 is 0 Å². The van der Waals surface area contributed by atoms with E-state index in [0.29, 0.717) is 11.7 Å². The molecule has 0 aliphatic carbocycles. The molecule has 2 rings (SSSR count). The van der Waals surface area contributed by atoms with Gasteiger partial charge in [-0.2, -0.15) is 4.98 Å². The molecular weight excluding hydrogens is 252 g/mol. The Labute approximate surface area is 111 Å². The molecule has 1 heterocycles. The van der Waals surface area contributed by atoms with Gasteiger partial charge in [-0.05, 0) is 19.4 Å². The van der Waals surface area contributed by atoms with Crippen LogP contribution in [0.3, 0.4) is 0 Å². The lowest BCUT2D eigenvalue weighted by atomic mass is 10.1. The Bertz CT molecular complexity index is 511. The Kier molecular flexibility index (Phi) is 3.68. The molecule has 0 radical (unpaired) electrons. The van der Waals surface area contributed by atoms with Gasteiger partial charge in [-0.3, -0.25) is 0 Å². The fourth-order valence-corrected chi connectivity index (χ4v) is 1.67. The summed E-state index contributed by atoms with van der Waals surface area (Å²) in [5.41, 5.74) is 0.333. The average molecular weight is 267 g/mol. The standard InChI is InChI=1S/C13H15ClN2O2/c1-13(2,17-3)12-15-11(18-16-12)10(14)9-7-5-4-6-8-9/h4-8,10H,1-3H3. The van der Waals surface area contributed by atoms with Crippen molar-refractivity contribution in [2.24, 2.45) is 0 Å². The molecule has 4 nitrogen and oxygen atoms in total. The third-order valence-electron chi connectivity index (χ3n) is 2.80. The first-order valence-electron chi connectivity index (χ1n) is 5.63. The Morgan fingerprint density at radius 3 is 2.56 bits per heavy atom. The Hall–Kier alpha value is -1.39. The van der Waals surface area contributed by atoms with Gasteiger partial charge in [0.25, 0.3) is 0 Å². The molecule has 96 valence electrons. The number of benzene rings is 1. The van der Waals surface area contributed by atoms with E-state index in [9.17, 15) is 0 Å². The number of rotatable bonds is 4. The zero-order chi connectivity index (χ0) is 13.2. The van der Waals surface area contributed by atoms with E-state index in [2.05, 4.69) is 10.1 Å². The molecule has 2 aromatic rings. The molecule has 0 saturated carbocycles. The number of alkyl halides is 1. The molecule has 18 heavy (non-hydrogen) atoms. The third-order valence-corrected chi connectivity index (χ3v) is 3.24. The maximum atomic E-state index is 6.30. The number of halogens is 1. The zero-order valence-electron chi connectivity index (χ0n) is 10.6. The first-order chi connectivity index (χ1) is 8.54. The van der Waals surface area contributed by atoms with E-state index < -0.39 is 11.0 Å². The number of nitrogens with zero attached hydrogens (tertiary/aromatic N) is 2. The summed E-state index contributed by atoms with van der Waals surface area (Å²) in [5.74, 6) is 0.865. The maximum Gasteiger partial charge on any atom is 0.249 e. The fourth-order valence-electron chi connectivity index (χ4n) is 1.44. The van der Waals surface area contributed by atoms with Crippen molar-refractivity contribution in [2.45, 2.75) is 24.8 Å². The largest absolute Gasteiger partial charge is 0.371 e. The summed E-state index contributed by atoms with van der Waals surface area (Å²) in [6.07, 6.45) is 0. The Balaban J connectivity index is 2.26. The van der Waals surface area contributed by atoms with Crippen molar-refractivity contribution in [1.82, 2.24) is 10.1 Å². The Morgan fingerprint density at radius 2 is 1.94 bits per heavy atom. The summed E-state index contributed by atoms with van der Waals surface area (Å²) in [6.45, 7) is 3.74. The van der Waals surface area contributed by atoms with Gasteiger partial charge in [0.1, 0.15) is 11.0 Å². The normalized spacial score (nSPS) is 13.6. The van der Waals surface area contributed by atoms with Crippen molar-refractivity contribution >= 4 is 11.6 Å². The monoisotopic (exact) mass is 266 g/mol. The predicted octanol–water partition coefficient (Wildman–Crippen LogP) is 3.28. The number of ether oxygens (including phenoxy) is 1. The van der Waals surface area contributed by atoms with Crippen molar-refractivity contribution in [3.8, 4) is 0 Å². The summed E-state index contributed by atoms with van der Waals surface area (Å²) in [7, 11) is 1.60. The number of aromatic nitrogens is 2. The van der Waals surface area contributed by atoms with Gasteiger partial charge in [-0.25, -0.2) is 0 Å². The first kappa shape index (κ1) is 13.1. The number of hydrogen-bond acceptors (Lipinski definition) is 4. The molecular formula is C13H15ClN2O2. The van der Waals surface area contributed by atoms with E-state index in [1.807, 2.05) is 44.2 Å². The minimum atomic E-state index is -0.588. The predicted molar refractivity (Wildman–Crippen MR) is 68.5 cm³/mol. The molecule has 1 atom stereocenters. The number of methoxy groups -OCH3 is 1. The molecule has 1 aromatic heterocycles. The topological polar surface area (TPSA) is 48.2 Å². The van der Waals surface area contributed by atoms with Gasteiger partial charge in [-0.15, -0.1) is 11.6 Å². The van der Waals surface area contributed by atoms with Gasteiger partial charge in [-0.1, -0.05) is 35.5 Å². The van der Waals surface area contributed by atoms with Crippen LogP contribution in [-0.4, -0.2) is 17.3 Å². The molecule has 0 spiro atoms. The van der Waals surface area contributed by atoms with Crippen LogP contribution in [0.15, 0.2) is 34.9 Å². The molecule has 0 saturated heterocycles. The lowest BCUT2D eigenvalue weighted by Crippen LogP contribution is -2.21. The van der Waals surface area contributed by atoms with Crippen molar-refractivity contribution in [2.75, 3.05) is 7.11 Å². The highest BCUT2D eigenvalue weighted by Crippen LogP contribution is 2.29. The third kappa shape index (κ3) is 2.54. The average Bonchev–Trinajstić information content (AvgIpc) is 2.89. The van der Waals surface area contributed by atoms with E-state index in [1.54, 1.807) is 7.11 Å². The molecule has 0 aliphatic heterocycles. The molecule has 5 heteroatoms. The minimum Gasteiger partial charge on any atom is -0.371 e. The van der Waals surface area contributed by atoms with Crippen LogP contribution in [0, 0.1) is 0 Å². The highest BCUT2D eigenvalue weighted by Gasteiger charge is 2.28. The second-order valence-electron chi connectivity index (χ2n) is 4.44. The van der Waals surface area contributed by atoms with Crippen LogP contribution in [0.1, 0.15) is 36.5 Å². The summed E-state index contributed by atoms with van der Waals surface area (Å²) < 4.78 is 10.5. The van der Waals surface area contributed by atoms with Gasteiger partial charge in [0.2, 0.25) is 11.7 Å². The van der Waals surface area contributed by atoms with E-state index in [1.165, 1.54) is 0 Å². The molecule has 1 aromatic carbocycles. The van der Waals surface area contributed by atoms with Crippen molar-refractivity contribution in [1.29, 1.82) is 0 Å². The molecule has 0 N–H and O–H groups in total. The van der Waals surface area contributed by atoms with E-state index in [4.69, 9.17) is 20.9 Å². The summed E-state index contributed by atoms with van der Waals surface area (Å²) in [5, 5.41) is 3.47. The van der Waals surface area contributed by atoms with Crippen LogP contribution in [0.4, 0.5) is 0 Å². The molecule has 1 unspecified atom stereocenters. The number of hydrogen-bond donors (Lipinski definition) is 0. The van der Waals surface area contributed by atoms with Crippen LogP contribution in [0.25, 0.3) is 0 Å². The zero-order valence-corrected chi connectivity index (χ0v) is 11.3. The molecule has 0 amide bonds. The lowest BCUT2D eigenvalue weighted by Gasteiger charge is -2.17. The fraction of sp³-hybridized carbons (Fsp3) is 0.385. The van der Waals surface area contributed by atoms with Gasteiger partial charge < -0.3 is 9.26 Å². The Morgan fingerprint density at radius 1 is 1.28 bits per heavy atom. The van der Waals surface area contributed by atoms with Crippen molar-refractivity contribution in [3.05, 3.63) is 47.6 Å². The smallest absolute Gasteiger partial charge is 0.249 e. The van der Waals surface area contributed by atoms with Gasteiger partial charge in [0, 0.05) is 7.11 Å². The van der Waals surface area contributed by atoms with Crippen LogP contribution in [0.2, 0.25) is 0 Å². The van der Waals surface area contributed by atoms with Crippen molar-refractivity contribution in [3.63, 3.8) is 0 Å². The molecule has 0 aliphatic rings. The van der Waals surface area contributed by atoms with E-state index in [0.717, 1.165) is 5.56 Å². The second kappa shape index (κ2) is 5.08. The van der Waals surface area contributed by atoms with Crippen molar-refractivity contribution < 1.29 is 9.26 Å². The van der Waals surface area contributed by atoms with Gasteiger partial charge in [0.15, 0.2) is 0 Å². The van der Waals surface area contributed by atoms with Gasteiger partial charge >= 0.3 is 0 Å². The first-order valence-corrected chi connectivity index (χ1v) is 6.06. The lowest BCUT2D eigenvalue weighted by molar-refractivity contribution is 0.00973. The summed E-state index contributed by atoms with van der Waals surface area (Å²) in [6, 6.07) is 9.61. The SMILES string of the molecule is COC(C)(C)c1noc(C(Cl)c2ccccc2)n1. The second-order valence-corrected chi connectivity index (χ2v) is 4.88. The summed E-state index contributed by atoms with van der Waals surface area (Å²) in [4.78, 5) is 4.29. The maximum absolute atomic E-state index is 6.30. The quantitative estimate of drug-likeness (QED) is 0.797. The molecule has 0 bridgehead atoms. The van der Waals surface area contributed by atoms with Crippen LogP contribution < -0.4 is 0 Å². The summed E-state index contributed by atoms with van der Waals surface area (Å²) >= 11 is 6.30. The highest BCUT2D eigenvalue weighted by molar-refractivity contribution is 6.22.